The summed E-state index contributed by atoms with van der Waals surface area (Å²) in [5, 5.41) is 0. The molecule has 3 heterocycles. The average molecular weight is 326 g/mol. The Hall–Kier alpha value is -0.850. The minimum absolute atomic E-state index is 0.179. The van der Waals surface area contributed by atoms with Crippen LogP contribution in [0.25, 0.3) is 0 Å². The fraction of sp³-hybridized carbons (Fsp3) is 0.941. The van der Waals surface area contributed by atoms with Crippen LogP contribution in [-0.4, -0.2) is 72.7 Å². The highest BCUT2D eigenvalue weighted by Gasteiger charge is 2.41. The summed E-state index contributed by atoms with van der Waals surface area (Å²) in [6.07, 6.45) is 3.78. The van der Waals surface area contributed by atoms with Crippen molar-refractivity contribution in [1.82, 2.24) is 9.80 Å². The van der Waals surface area contributed by atoms with Gasteiger partial charge in [0.05, 0.1) is 13.2 Å². The number of nitrogens with zero attached hydrogens (tertiary/aromatic N) is 2. The van der Waals surface area contributed by atoms with E-state index in [0.717, 1.165) is 65.1 Å². The molecule has 0 aromatic rings. The van der Waals surface area contributed by atoms with Gasteiger partial charge in [-0.1, -0.05) is 0 Å². The second kappa shape index (κ2) is 6.57. The molecular weight excluding hydrogens is 296 g/mol. The second-order valence-corrected chi connectivity index (χ2v) is 7.84. The molecule has 6 heteroatoms. The van der Waals surface area contributed by atoms with E-state index in [1.54, 1.807) is 0 Å². The first-order valence-electron chi connectivity index (χ1n) is 8.87. The van der Waals surface area contributed by atoms with Crippen molar-refractivity contribution in [3.05, 3.63) is 0 Å². The van der Waals surface area contributed by atoms with Crippen LogP contribution in [0.4, 0.5) is 4.79 Å². The molecule has 3 fully saturated rings. The van der Waals surface area contributed by atoms with E-state index in [9.17, 15) is 4.79 Å². The van der Waals surface area contributed by atoms with Gasteiger partial charge in [0.2, 0.25) is 0 Å². The molecule has 3 saturated heterocycles. The van der Waals surface area contributed by atoms with E-state index in [1.165, 1.54) is 0 Å². The molecule has 0 aromatic heterocycles. The van der Waals surface area contributed by atoms with Crippen molar-refractivity contribution in [2.75, 3.05) is 39.4 Å². The van der Waals surface area contributed by atoms with Crippen LogP contribution in [0.5, 0.6) is 0 Å². The lowest BCUT2D eigenvalue weighted by Crippen LogP contribution is -2.52. The summed E-state index contributed by atoms with van der Waals surface area (Å²) in [6, 6.07) is 0.562. The summed E-state index contributed by atoms with van der Waals surface area (Å²) in [6.45, 7) is 10.8. The monoisotopic (exact) mass is 326 g/mol. The Kier molecular flexibility index (Phi) is 4.85. The third-order valence-corrected chi connectivity index (χ3v) is 5.01. The molecule has 132 valence electrons. The number of hydrogen-bond donors (Lipinski definition) is 0. The first kappa shape index (κ1) is 17.0. The Morgan fingerprint density at radius 1 is 1.04 bits per heavy atom. The van der Waals surface area contributed by atoms with Crippen LogP contribution < -0.4 is 0 Å². The van der Waals surface area contributed by atoms with Crippen molar-refractivity contribution < 1.29 is 19.0 Å². The Labute approximate surface area is 139 Å². The zero-order chi connectivity index (χ0) is 16.5. The molecule has 0 radical (unpaired) electrons. The summed E-state index contributed by atoms with van der Waals surface area (Å²) < 4.78 is 17.0. The molecule has 0 aromatic carbocycles. The Morgan fingerprint density at radius 2 is 1.61 bits per heavy atom. The molecule has 0 bridgehead atoms. The molecule has 3 aliphatic rings. The van der Waals surface area contributed by atoms with Crippen LogP contribution in [0, 0.1) is 0 Å². The third kappa shape index (κ3) is 4.17. The maximum Gasteiger partial charge on any atom is 0.410 e. The molecule has 23 heavy (non-hydrogen) atoms. The average Bonchev–Trinajstić information content (AvgIpc) is 2.95. The van der Waals surface area contributed by atoms with Gasteiger partial charge in [-0.25, -0.2) is 4.79 Å². The zero-order valence-electron chi connectivity index (χ0n) is 14.7. The van der Waals surface area contributed by atoms with E-state index in [1.807, 2.05) is 25.7 Å². The van der Waals surface area contributed by atoms with E-state index in [2.05, 4.69) is 4.90 Å². The van der Waals surface area contributed by atoms with E-state index in [0.29, 0.717) is 6.04 Å². The lowest BCUT2D eigenvalue weighted by atomic mass is 9.97. The molecule has 0 unspecified atom stereocenters. The summed E-state index contributed by atoms with van der Waals surface area (Å²) in [4.78, 5) is 16.5. The van der Waals surface area contributed by atoms with E-state index >= 15 is 0 Å². The lowest BCUT2D eigenvalue weighted by molar-refractivity contribution is -0.188. The summed E-state index contributed by atoms with van der Waals surface area (Å²) in [5.41, 5.74) is -0.420. The molecule has 1 amide bonds. The number of piperidine rings is 2. The standard InChI is InChI=1S/C17H30N2O4/c1-16(2,3)23-15(20)19-8-4-14(5-9-19)18-10-6-17(7-11-18)21-12-13-22-17/h14H,4-13H2,1-3H3. The number of carbonyl (C=O) groups is 1. The molecule has 6 nitrogen and oxygen atoms in total. The number of amides is 1. The van der Waals surface area contributed by atoms with Crippen molar-refractivity contribution in [1.29, 1.82) is 0 Å². The number of carbonyl (C=O) groups excluding carboxylic acids is 1. The third-order valence-electron chi connectivity index (χ3n) is 5.01. The van der Waals surface area contributed by atoms with Crippen molar-refractivity contribution >= 4 is 6.09 Å². The minimum atomic E-state index is -0.420. The fourth-order valence-electron chi connectivity index (χ4n) is 3.76. The van der Waals surface area contributed by atoms with Crippen LogP contribution >= 0.6 is 0 Å². The smallest absolute Gasteiger partial charge is 0.410 e. The predicted molar refractivity (Wildman–Crippen MR) is 86.3 cm³/mol. The van der Waals surface area contributed by atoms with Crippen molar-refractivity contribution in [3.8, 4) is 0 Å². The molecule has 3 aliphatic heterocycles. The number of ether oxygens (including phenoxy) is 3. The Morgan fingerprint density at radius 3 is 2.13 bits per heavy atom. The van der Waals surface area contributed by atoms with Crippen LogP contribution in [-0.2, 0) is 14.2 Å². The van der Waals surface area contributed by atoms with Gasteiger partial charge in [0.15, 0.2) is 5.79 Å². The summed E-state index contributed by atoms with van der Waals surface area (Å²) in [5.74, 6) is -0.298. The van der Waals surface area contributed by atoms with Gasteiger partial charge in [-0.3, -0.25) is 4.90 Å². The van der Waals surface area contributed by atoms with Crippen LogP contribution in [0.2, 0.25) is 0 Å². The maximum atomic E-state index is 12.1. The molecular formula is C17H30N2O4. The van der Waals surface area contributed by atoms with Gasteiger partial charge in [-0.15, -0.1) is 0 Å². The van der Waals surface area contributed by atoms with Gasteiger partial charge in [0.25, 0.3) is 0 Å². The van der Waals surface area contributed by atoms with Crippen molar-refractivity contribution in [2.45, 2.75) is 63.9 Å². The van der Waals surface area contributed by atoms with Gasteiger partial charge in [-0.2, -0.15) is 0 Å². The number of likely N-dealkylation sites (tertiary alicyclic amines) is 2. The highest BCUT2D eigenvalue weighted by molar-refractivity contribution is 5.68. The van der Waals surface area contributed by atoms with Crippen molar-refractivity contribution in [3.63, 3.8) is 0 Å². The topological polar surface area (TPSA) is 51.2 Å². The molecule has 0 aliphatic carbocycles. The van der Waals surface area contributed by atoms with Crippen LogP contribution in [0.15, 0.2) is 0 Å². The van der Waals surface area contributed by atoms with Gasteiger partial charge >= 0.3 is 6.09 Å². The van der Waals surface area contributed by atoms with Gasteiger partial charge < -0.3 is 19.1 Å². The zero-order valence-corrected chi connectivity index (χ0v) is 14.7. The van der Waals surface area contributed by atoms with E-state index in [4.69, 9.17) is 14.2 Å². The molecule has 0 N–H and O–H groups in total. The lowest BCUT2D eigenvalue weighted by Gasteiger charge is -2.44. The SMILES string of the molecule is CC(C)(C)OC(=O)N1CCC(N2CCC3(CC2)OCCO3)CC1. The summed E-state index contributed by atoms with van der Waals surface area (Å²) >= 11 is 0. The van der Waals surface area contributed by atoms with E-state index < -0.39 is 5.60 Å². The quantitative estimate of drug-likeness (QED) is 0.739. The highest BCUT2D eigenvalue weighted by atomic mass is 16.7. The highest BCUT2D eigenvalue weighted by Crippen LogP contribution is 2.33. The number of hydrogen-bond acceptors (Lipinski definition) is 5. The normalized spacial score (nSPS) is 26.7. The molecule has 0 atom stereocenters. The predicted octanol–water partition coefficient (Wildman–Crippen LogP) is 2.22. The molecule has 0 saturated carbocycles. The van der Waals surface area contributed by atoms with Gasteiger partial charge in [0, 0.05) is 45.1 Å². The van der Waals surface area contributed by atoms with Crippen LogP contribution in [0.1, 0.15) is 46.5 Å². The first-order valence-corrected chi connectivity index (χ1v) is 8.87. The van der Waals surface area contributed by atoms with Crippen molar-refractivity contribution in [2.24, 2.45) is 0 Å². The Balaban J connectivity index is 1.44. The number of rotatable bonds is 1. The Bertz CT molecular complexity index is 411. The fourth-order valence-corrected chi connectivity index (χ4v) is 3.76. The largest absolute Gasteiger partial charge is 0.444 e. The first-order chi connectivity index (χ1) is 10.9. The minimum Gasteiger partial charge on any atom is -0.444 e. The second-order valence-electron chi connectivity index (χ2n) is 7.84. The summed E-state index contributed by atoms with van der Waals surface area (Å²) in [7, 11) is 0. The maximum absolute atomic E-state index is 12.1. The van der Waals surface area contributed by atoms with Gasteiger partial charge in [-0.05, 0) is 33.6 Å². The van der Waals surface area contributed by atoms with E-state index in [-0.39, 0.29) is 11.9 Å². The molecule has 1 spiro atoms. The molecule has 3 rings (SSSR count). The van der Waals surface area contributed by atoms with Gasteiger partial charge in [0.1, 0.15) is 5.60 Å². The van der Waals surface area contributed by atoms with Crippen LogP contribution in [0.3, 0.4) is 0 Å².